The fraction of sp³-hybridized carbons (Fsp3) is 0.300. The van der Waals surface area contributed by atoms with E-state index in [1.807, 2.05) is 11.6 Å². The Morgan fingerprint density at radius 2 is 2.20 bits per heavy atom. The largest absolute Gasteiger partial charge is 0.331 e. The summed E-state index contributed by atoms with van der Waals surface area (Å²) in [6, 6.07) is 2.92. The molecule has 2 nitrogen and oxygen atoms in total. The van der Waals surface area contributed by atoms with Crippen LogP contribution in [-0.4, -0.2) is 15.4 Å². The monoisotopic (exact) mass is 246 g/mol. The maximum Gasteiger partial charge on any atom is 0.144 e. The van der Waals surface area contributed by atoms with Crippen LogP contribution in [-0.2, 0) is 13.5 Å². The first-order valence-electron chi connectivity index (χ1n) is 4.50. The molecule has 0 spiro atoms. The van der Waals surface area contributed by atoms with Crippen molar-refractivity contribution in [3.05, 3.63) is 28.8 Å². The van der Waals surface area contributed by atoms with E-state index >= 15 is 0 Å². The Hall–Kier alpha value is -0.800. The summed E-state index contributed by atoms with van der Waals surface area (Å²) in [4.78, 5) is 4.33. The molecular formula is C10H9Cl2FN2. The lowest BCUT2D eigenvalue weighted by Gasteiger charge is -1.99. The Bertz CT molecular complexity index is 508. The lowest BCUT2D eigenvalue weighted by Crippen LogP contribution is -1.98. The normalized spacial score (nSPS) is 11.2. The predicted molar refractivity (Wildman–Crippen MR) is 60.1 cm³/mol. The topological polar surface area (TPSA) is 17.8 Å². The van der Waals surface area contributed by atoms with Gasteiger partial charge in [-0.15, -0.1) is 11.6 Å². The lowest BCUT2D eigenvalue weighted by molar-refractivity contribution is 0.629. The van der Waals surface area contributed by atoms with Crippen molar-refractivity contribution >= 4 is 34.2 Å². The highest BCUT2D eigenvalue weighted by Gasteiger charge is 2.10. The number of fused-ring (bicyclic) bond motifs is 1. The van der Waals surface area contributed by atoms with Gasteiger partial charge in [0.2, 0.25) is 0 Å². The number of rotatable bonds is 2. The third-order valence-corrected chi connectivity index (χ3v) is 2.81. The number of benzene rings is 1. The first-order valence-corrected chi connectivity index (χ1v) is 5.41. The van der Waals surface area contributed by atoms with Crippen LogP contribution >= 0.6 is 23.2 Å². The molecular weight excluding hydrogens is 238 g/mol. The molecule has 0 aliphatic rings. The summed E-state index contributed by atoms with van der Waals surface area (Å²) in [5.74, 6) is 0.902. The van der Waals surface area contributed by atoms with Gasteiger partial charge in [0, 0.05) is 25.4 Å². The number of aromatic nitrogens is 2. The first-order chi connectivity index (χ1) is 7.13. The highest BCUT2D eigenvalue weighted by Crippen LogP contribution is 2.23. The molecule has 1 aromatic heterocycles. The highest BCUT2D eigenvalue weighted by atomic mass is 35.5. The van der Waals surface area contributed by atoms with E-state index in [4.69, 9.17) is 23.2 Å². The average Bonchev–Trinajstić information content (AvgIpc) is 2.47. The van der Waals surface area contributed by atoms with Crippen molar-refractivity contribution in [2.75, 3.05) is 5.88 Å². The predicted octanol–water partition coefficient (Wildman–Crippen LogP) is 3.15. The third kappa shape index (κ3) is 1.82. The molecule has 1 aromatic carbocycles. The molecule has 0 atom stereocenters. The van der Waals surface area contributed by atoms with Gasteiger partial charge in [-0.05, 0) is 6.07 Å². The van der Waals surface area contributed by atoms with Crippen molar-refractivity contribution in [1.29, 1.82) is 0 Å². The van der Waals surface area contributed by atoms with E-state index in [-0.39, 0.29) is 5.02 Å². The van der Waals surface area contributed by atoms with Crippen molar-refractivity contribution < 1.29 is 4.39 Å². The van der Waals surface area contributed by atoms with Crippen LogP contribution in [0, 0.1) is 5.82 Å². The van der Waals surface area contributed by atoms with Gasteiger partial charge in [0.05, 0.1) is 16.1 Å². The van der Waals surface area contributed by atoms with Gasteiger partial charge in [0.25, 0.3) is 0 Å². The zero-order valence-electron chi connectivity index (χ0n) is 8.10. The van der Waals surface area contributed by atoms with Crippen molar-refractivity contribution in [2.24, 2.45) is 7.05 Å². The molecule has 0 amide bonds. The molecule has 1 heterocycles. The molecule has 0 fully saturated rings. The second-order valence-corrected chi connectivity index (χ2v) is 4.07. The van der Waals surface area contributed by atoms with Gasteiger partial charge in [-0.3, -0.25) is 0 Å². The van der Waals surface area contributed by atoms with Crippen LogP contribution in [0.2, 0.25) is 5.02 Å². The number of imidazole rings is 1. The molecule has 2 rings (SSSR count). The fourth-order valence-corrected chi connectivity index (χ4v) is 1.87. The number of hydrogen-bond acceptors (Lipinski definition) is 1. The lowest BCUT2D eigenvalue weighted by atomic mass is 10.3. The standard InChI is InChI=1S/C10H9Cl2FN2/c1-15-9-5-7(13)6(12)4-8(9)14-10(15)2-3-11/h4-5H,2-3H2,1H3. The van der Waals surface area contributed by atoms with Crippen molar-refractivity contribution in [1.82, 2.24) is 9.55 Å². The van der Waals surface area contributed by atoms with Gasteiger partial charge in [-0.2, -0.15) is 0 Å². The maximum absolute atomic E-state index is 13.2. The number of halogens is 3. The minimum absolute atomic E-state index is 0.0954. The Balaban J connectivity index is 2.66. The minimum atomic E-state index is -0.426. The van der Waals surface area contributed by atoms with Gasteiger partial charge >= 0.3 is 0 Å². The van der Waals surface area contributed by atoms with Crippen LogP contribution in [0.1, 0.15) is 5.82 Å². The second kappa shape index (κ2) is 3.99. The average molecular weight is 247 g/mol. The molecule has 0 aliphatic carbocycles. The number of aryl methyl sites for hydroxylation is 2. The number of alkyl halides is 1. The van der Waals surface area contributed by atoms with Crippen LogP contribution < -0.4 is 0 Å². The Morgan fingerprint density at radius 1 is 1.47 bits per heavy atom. The van der Waals surface area contributed by atoms with Gasteiger partial charge in [0.15, 0.2) is 0 Å². The van der Waals surface area contributed by atoms with E-state index in [9.17, 15) is 4.39 Å². The molecule has 2 aromatic rings. The molecule has 15 heavy (non-hydrogen) atoms. The molecule has 5 heteroatoms. The zero-order valence-corrected chi connectivity index (χ0v) is 9.61. The molecule has 0 saturated heterocycles. The van der Waals surface area contributed by atoms with Gasteiger partial charge in [-0.25, -0.2) is 9.37 Å². The summed E-state index contributed by atoms with van der Waals surface area (Å²) < 4.78 is 15.1. The summed E-state index contributed by atoms with van der Waals surface area (Å²) in [6.07, 6.45) is 0.659. The summed E-state index contributed by atoms with van der Waals surface area (Å²) in [6.45, 7) is 0. The van der Waals surface area contributed by atoms with Crippen molar-refractivity contribution in [2.45, 2.75) is 6.42 Å². The van der Waals surface area contributed by atoms with Crippen LogP contribution in [0.15, 0.2) is 12.1 Å². The van der Waals surface area contributed by atoms with Crippen LogP contribution in [0.4, 0.5) is 4.39 Å². The molecule has 0 saturated carbocycles. The molecule has 0 N–H and O–H groups in total. The van der Waals surface area contributed by atoms with Gasteiger partial charge in [0.1, 0.15) is 11.6 Å². The van der Waals surface area contributed by atoms with E-state index in [1.165, 1.54) is 12.1 Å². The SMILES string of the molecule is Cn1c(CCCl)nc2cc(Cl)c(F)cc21. The van der Waals surface area contributed by atoms with E-state index in [2.05, 4.69) is 4.98 Å². The van der Waals surface area contributed by atoms with E-state index in [0.717, 1.165) is 11.3 Å². The number of nitrogens with zero attached hydrogens (tertiary/aromatic N) is 2. The van der Waals surface area contributed by atoms with Crippen LogP contribution in [0.25, 0.3) is 11.0 Å². The van der Waals surface area contributed by atoms with Crippen LogP contribution in [0.5, 0.6) is 0 Å². The van der Waals surface area contributed by atoms with Crippen molar-refractivity contribution in [3.8, 4) is 0 Å². The van der Waals surface area contributed by atoms with E-state index in [0.29, 0.717) is 17.8 Å². The molecule has 0 bridgehead atoms. The van der Waals surface area contributed by atoms with Crippen LogP contribution in [0.3, 0.4) is 0 Å². The molecule has 0 unspecified atom stereocenters. The fourth-order valence-electron chi connectivity index (χ4n) is 1.55. The third-order valence-electron chi connectivity index (χ3n) is 2.33. The van der Waals surface area contributed by atoms with E-state index < -0.39 is 5.82 Å². The van der Waals surface area contributed by atoms with E-state index in [1.54, 1.807) is 0 Å². The number of hydrogen-bond donors (Lipinski definition) is 0. The van der Waals surface area contributed by atoms with Crippen molar-refractivity contribution in [3.63, 3.8) is 0 Å². The summed E-state index contributed by atoms with van der Waals surface area (Å²) >= 11 is 11.3. The summed E-state index contributed by atoms with van der Waals surface area (Å²) in [5, 5.41) is 0.0954. The molecule has 0 radical (unpaired) electrons. The Morgan fingerprint density at radius 3 is 2.87 bits per heavy atom. The van der Waals surface area contributed by atoms with Gasteiger partial charge < -0.3 is 4.57 Å². The highest BCUT2D eigenvalue weighted by molar-refractivity contribution is 6.31. The quantitative estimate of drug-likeness (QED) is 0.745. The minimum Gasteiger partial charge on any atom is -0.331 e. The molecule has 80 valence electrons. The smallest absolute Gasteiger partial charge is 0.144 e. The summed E-state index contributed by atoms with van der Waals surface area (Å²) in [5.41, 5.74) is 1.43. The Kier molecular flexibility index (Phi) is 2.85. The Labute approximate surface area is 96.6 Å². The maximum atomic E-state index is 13.2. The zero-order chi connectivity index (χ0) is 11.0. The second-order valence-electron chi connectivity index (χ2n) is 3.28. The first kappa shape index (κ1) is 10.7. The molecule has 0 aliphatic heterocycles. The summed E-state index contributed by atoms with van der Waals surface area (Å²) in [7, 11) is 1.84. The van der Waals surface area contributed by atoms with Gasteiger partial charge in [-0.1, -0.05) is 11.6 Å².